The summed E-state index contributed by atoms with van der Waals surface area (Å²) in [4.78, 5) is 0. The molecule has 268 valence electrons. The van der Waals surface area contributed by atoms with Crippen molar-refractivity contribution in [2.24, 2.45) is 0 Å². The molecule has 0 nitrogen and oxygen atoms in total. The average molecular weight is 729 g/mol. The number of aryl methyl sites for hydroxylation is 6. The molecule has 0 saturated heterocycles. The first kappa shape index (κ1) is 36.2. The van der Waals surface area contributed by atoms with Crippen LogP contribution < -0.4 is 31.8 Å². The molecular weight excluding hydrogens is 675 g/mol. The molecule has 0 aliphatic heterocycles. The molecule has 6 aromatic rings. The fourth-order valence-corrected chi connectivity index (χ4v) is 15.1. The number of benzene rings is 6. The van der Waals surface area contributed by atoms with Crippen LogP contribution in [0.25, 0.3) is 0 Å². The van der Waals surface area contributed by atoms with Gasteiger partial charge in [-0.3, -0.25) is 0 Å². The van der Waals surface area contributed by atoms with Crippen molar-refractivity contribution in [3.05, 3.63) is 177 Å². The molecule has 8 rings (SSSR count). The fraction of sp³-hybridized carbons (Fsp3) is 0.294. The van der Waals surface area contributed by atoms with Gasteiger partial charge in [-0.25, -0.2) is 0 Å². The van der Waals surface area contributed by atoms with Crippen LogP contribution in [0.5, 0.6) is 0 Å². The third kappa shape index (κ3) is 6.25. The number of rotatable bonds is 6. The van der Waals surface area contributed by atoms with Crippen LogP contribution in [-0.2, 0) is 16.2 Å². The predicted octanol–water partition coefficient (Wildman–Crippen LogP) is 10.7. The SMILES string of the molecule is Cc1ccc(P(c2ccc(C)cc2)c2cc(C)cc3c2C2(CC3(C)C)CC(C)(C)c3cc(C)cc(P(c4ccc(C)cc4)c4ccc(C)cc4)c32)cc1. The molecule has 0 heterocycles. The van der Waals surface area contributed by atoms with Crippen molar-refractivity contribution in [2.75, 3.05) is 0 Å². The van der Waals surface area contributed by atoms with Crippen LogP contribution in [0.2, 0.25) is 0 Å². The van der Waals surface area contributed by atoms with Crippen molar-refractivity contribution in [1.82, 2.24) is 0 Å². The lowest BCUT2D eigenvalue weighted by Gasteiger charge is -2.36. The maximum absolute atomic E-state index is 2.59. The van der Waals surface area contributed by atoms with Gasteiger partial charge < -0.3 is 0 Å². The van der Waals surface area contributed by atoms with Crippen molar-refractivity contribution in [1.29, 1.82) is 0 Å². The van der Waals surface area contributed by atoms with Gasteiger partial charge in [-0.2, -0.15) is 0 Å². The highest BCUT2D eigenvalue weighted by Crippen LogP contribution is 2.64. The van der Waals surface area contributed by atoms with E-state index in [1.54, 1.807) is 32.9 Å². The minimum Gasteiger partial charge on any atom is -0.0587 e. The summed E-state index contributed by atoms with van der Waals surface area (Å²) in [6, 6.07) is 48.2. The molecule has 2 heteroatoms. The molecule has 1 spiro atoms. The highest BCUT2D eigenvalue weighted by molar-refractivity contribution is 7.80. The number of hydrogen-bond donors (Lipinski definition) is 0. The van der Waals surface area contributed by atoms with Crippen molar-refractivity contribution >= 4 is 47.7 Å². The second-order valence-corrected chi connectivity index (χ2v) is 22.0. The molecule has 0 bridgehead atoms. The Morgan fingerprint density at radius 1 is 0.358 bits per heavy atom. The summed E-state index contributed by atoms with van der Waals surface area (Å²) in [6.45, 7) is 23.6. The Balaban J connectivity index is 1.48. The van der Waals surface area contributed by atoms with Gasteiger partial charge in [0.15, 0.2) is 0 Å². The van der Waals surface area contributed by atoms with Gasteiger partial charge in [-0.15, -0.1) is 0 Å². The van der Waals surface area contributed by atoms with E-state index >= 15 is 0 Å². The molecule has 0 fully saturated rings. The third-order valence-corrected chi connectivity index (χ3v) is 17.0. The Hall–Kier alpha value is -3.82. The number of hydrogen-bond acceptors (Lipinski definition) is 0. The predicted molar refractivity (Wildman–Crippen MR) is 235 cm³/mol. The Labute approximate surface area is 321 Å². The summed E-state index contributed by atoms with van der Waals surface area (Å²) < 4.78 is 0. The molecule has 6 aromatic carbocycles. The van der Waals surface area contributed by atoms with E-state index < -0.39 is 15.8 Å². The Kier molecular flexibility index (Phi) is 9.00. The van der Waals surface area contributed by atoms with E-state index in [1.165, 1.54) is 54.6 Å². The maximum Gasteiger partial charge on any atom is 0.0238 e. The minimum atomic E-state index is -0.814. The summed E-state index contributed by atoms with van der Waals surface area (Å²) >= 11 is 0. The topological polar surface area (TPSA) is 0 Å². The summed E-state index contributed by atoms with van der Waals surface area (Å²) in [6.07, 6.45) is 2.24. The van der Waals surface area contributed by atoms with Crippen LogP contribution in [-0.4, -0.2) is 0 Å². The first-order valence-corrected chi connectivity index (χ1v) is 22.0. The standard InChI is InChI=1S/C51H54P2/c1-33-11-19-39(20-12-33)52(40-21-13-34(2)14-22-40)45-29-37(5)27-43-47(45)51(31-49(43,7)8)32-50(9,10)44-28-38(6)30-46(48(44)51)53(41-23-15-35(3)16-24-41)42-25-17-36(4)18-26-42/h11-30H,31-32H2,1-10H3. The van der Waals surface area contributed by atoms with E-state index in [2.05, 4.69) is 191 Å². The fourth-order valence-electron chi connectivity index (χ4n) is 9.83. The summed E-state index contributed by atoms with van der Waals surface area (Å²) in [5.74, 6) is 0. The van der Waals surface area contributed by atoms with Crippen molar-refractivity contribution < 1.29 is 0 Å². The van der Waals surface area contributed by atoms with Gasteiger partial charge in [0, 0.05) is 5.41 Å². The minimum absolute atomic E-state index is 0.0218. The smallest absolute Gasteiger partial charge is 0.0238 e. The lowest BCUT2D eigenvalue weighted by Crippen LogP contribution is -2.37. The van der Waals surface area contributed by atoms with Crippen LogP contribution in [0.1, 0.15) is 96.2 Å². The lowest BCUT2D eigenvalue weighted by molar-refractivity contribution is 0.351. The Morgan fingerprint density at radius 2 is 0.623 bits per heavy atom. The molecule has 0 aromatic heterocycles. The Bertz CT molecular complexity index is 2060. The zero-order chi connectivity index (χ0) is 37.4. The van der Waals surface area contributed by atoms with Gasteiger partial charge in [-0.1, -0.05) is 182 Å². The second-order valence-electron chi connectivity index (χ2n) is 17.6. The molecule has 0 N–H and O–H groups in total. The zero-order valence-electron chi connectivity index (χ0n) is 33.4. The van der Waals surface area contributed by atoms with E-state index in [0.29, 0.717) is 0 Å². The van der Waals surface area contributed by atoms with Crippen LogP contribution >= 0.6 is 15.8 Å². The third-order valence-electron chi connectivity index (χ3n) is 12.1. The van der Waals surface area contributed by atoms with Crippen molar-refractivity contribution in [3.8, 4) is 0 Å². The average Bonchev–Trinajstić information content (AvgIpc) is 3.47. The van der Waals surface area contributed by atoms with Crippen molar-refractivity contribution in [2.45, 2.75) is 98.3 Å². The van der Waals surface area contributed by atoms with Gasteiger partial charge in [0.05, 0.1) is 0 Å². The van der Waals surface area contributed by atoms with Gasteiger partial charge in [0.25, 0.3) is 0 Å². The van der Waals surface area contributed by atoms with Crippen LogP contribution in [0.4, 0.5) is 0 Å². The molecule has 0 radical (unpaired) electrons. The summed E-state index contributed by atoms with van der Waals surface area (Å²) in [7, 11) is -1.63. The first-order chi connectivity index (χ1) is 25.2. The van der Waals surface area contributed by atoms with E-state index in [0.717, 1.165) is 12.8 Å². The molecule has 0 amide bonds. The quantitative estimate of drug-likeness (QED) is 0.150. The second kappa shape index (κ2) is 13.2. The molecular formula is C51H54P2. The summed E-state index contributed by atoms with van der Waals surface area (Å²) in [5, 5.41) is 8.85. The highest BCUT2D eigenvalue weighted by Gasteiger charge is 2.59. The molecule has 0 atom stereocenters. The Morgan fingerprint density at radius 3 is 0.887 bits per heavy atom. The van der Waals surface area contributed by atoms with E-state index in [-0.39, 0.29) is 16.2 Å². The molecule has 0 saturated carbocycles. The largest absolute Gasteiger partial charge is 0.0587 e. The van der Waals surface area contributed by atoms with Gasteiger partial charge in [0.2, 0.25) is 0 Å². The summed E-state index contributed by atoms with van der Waals surface area (Å²) in [5.41, 5.74) is 14.3. The molecule has 53 heavy (non-hydrogen) atoms. The first-order valence-electron chi connectivity index (χ1n) is 19.4. The van der Waals surface area contributed by atoms with Gasteiger partial charge in [0.1, 0.15) is 0 Å². The molecule has 2 aliphatic rings. The van der Waals surface area contributed by atoms with E-state index in [1.807, 2.05) is 0 Å². The van der Waals surface area contributed by atoms with Crippen LogP contribution in [0.3, 0.4) is 0 Å². The number of fused-ring (bicyclic) bond motifs is 4. The monoisotopic (exact) mass is 728 g/mol. The highest BCUT2D eigenvalue weighted by atomic mass is 31.1. The van der Waals surface area contributed by atoms with Crippen molar-refractivity contribution in [3.63, 3.8) is 0 Å². The lowest BCUT2D eigenvalue weighted by atomic mass is 9.72. The maximum atomic E-state index is 2.59. The molecule has 0 unspecified atom stereocenters. The van der Waals surface area contributed by atoms with E-state index in [4.69, 9.17) is 0 Å². The zero-order valence-corrected chi connectivity index (χ0v) is 35.1. The van der Waals surface area contributed by atoms with Crippen LogP contribution in [0.15, 0.2) is 121 Å². The van der Waals surface area contributed by atoms with E-state index in [9.17, 15) is 0 Å². The normalized spacial score (nSPS) is 16.4. The van der Waals surface area contributed by atoms with Crippen LogP contribution in [0, 0.1) is 41.5 Å². The van der Waals surface area contributed by atoms with Gasteiger partial charge >= 0.3 is 0 Å². The van der Waals surface area contributed by atoms with Gasteiger partial charge in [-0.05, 0) is 135 Å². The molecule has 2 aliphatic carbocycles.